The first kappa shape index (κ1) is 14.9. The minimum Gasteiger partial charge on any atom is -0.296 e. The van der Waals surface area contributed by atoms with E-state index in [-0.39, 0.29) is 0 Å². The van der Waals surface area contributed by atoms with Gasteiger partial charge in [-0.05, 0) is 18.2 Å². The molecule has 0 bridgehead atoms. The van der Waals surface area contributed by atoms with Crippen LogP contribution in [0.2, 0.25) is 0 Å². The molecular weight excluding hydrogens is 342 g/mol. The topological polar surface area (TPSA) is 56.5 Å². The first-order valence-corrected chi connectivity index (χ1v) is 9.00. The lowest BCUT2D eigenvalue weighted by Crippen LogP contribution is -1.97. The zero-order valence-corrected chi connectivity index (χ0v) is 14.5. The van der Waals surface area contributed by atoms with Crippen molar-refractivity contribution in [1.82, 2.24) is 24.5 Å². The SMILES string of the molecule is c1cncc(-c2nc(-c3csc4ccccc34)cn2-c2cncnc2)c1. The smallest absolute Gasteiger partial charge is 0.146 e. The summed E-state index contributed by atoms with van der Waals surface area (Å²) >= 11 is 1.73. The van der Waals surface area contributed by atoms with Crippen molar-refractivity contribution in [3.63, 3.8) is 0 Å². The third-order valence-corrected chi connectivity index (χ3v) is 5.17. The van der Waals surface area contributed by atoms with E-state index in [1.54, 1.807) is 29.9 Å². The molecule has 0 aliphatic rings. The summed E-state index contributed by atoms with van der Waals surface area (Å²) in [5.41, 5.74) is 3.86. The lowest BCUT2D eigenvalue weighted by Gasteiger charge is -2.05. The maximum Gasteiger partial charge on any atom is 0.146 e. The van der Waals surface area contributed by atoms with Gasteiger partial charge in [0.15, 0.2) is 0 Å². The summed E-state index contributed by atoms with van der Waals surface area (Å²) in [6.45, 7) is 0. The minimum absolute atomic E-state index is 0.818. The second-order valence-corrected chi connectivity index (χ2v) is 6.71. The average Bonchev–Trinajstić information content (AvgIpc) is 3.34. The van der Waals surface area contributed by atoms with E-state index < -0.39 is 0 Å². The highest BCUT2D eigenvalue weighted by Crippen LogP contribution is 2.35. The standard InChI is InChI=1S/C20H13N5S/c1-2-6-19-16(5-1)17(12-26-19)18-11-25(15-9-22-13-23-10-15)20(24-18)14-4-3-7-21-8-14/h1-13H. The third-order valence-electron chi connectivity index (χ3n) is 4.21. The predicted octanol–water partition coefficient (Wildman–Crippen LogP) is 4.61. The molecule has 0 saturated carbocycles. The van der Waals surface area contributed by atoms with Crippen LogP contribution in [0.3, 0.4) is 0 Å². The Kier molecular flexibility index (Phi) is 3.54. The molecule has 0 aliphatic carbocycles. The van der Waals surface area contributed by atoms with Crippen LogP contribution in [0.1, 0.15) is 0 Å². The summed E-state index contributed by atoms with van der Waals surface area (Å²) in [5.74, 6) is 0.818. The van der Waals surface area contributed by atoms with Crippen LogP contribution in [-0.4, -0.2) is 24.5 Å². The summed E-state index contributed by atoms with van der Waals surface area (Å²) in [5, 5.41) is 3.37. The Morgan fingerprint density at radius 1 is 0.885 bits per heavy atom. The molecule has 0 N–H and O–H groups in total. The molecule has 0 atom stereocenters. The lowest BCUT2D eigenvalue weighted by atomic mass is 10.1. The summed E-state index contributed by atoms with van der Waals surface area (Å²) < 4.78 is 3.27. The van der Waals surface area contributed by atoms with Gasteiger partial charge >= 0.3 is 0 Å². The fourth-order valence-electron chi connectivity index (χ4n) is 3.00. The van der Waals surface area contributed by atoms with Gasteiger partial charge in [-0.1, -0.05) is 18.2 Å². The molecule has 0 spiro atoms. The molecule has 0 amide bonds. The van der Waals surface area contributed by atoms with Crippen molar-refractivity contribution in [3.05, 3.63) is 79.1 Å². The Bertz CT molecular complexity index is 1120. The van der Waals surface area contributed by atoms with Gasteiger partial charge in [0.2, 0.25) is 0 Å². The van der Waals surface area contributed by atoms with Crippen molar-refractivity contribution in [2.24, 2.45) is 0 Å². The Balaban J connectivity index is 1.75. The molecule has 4 aromatic heterocycles. The van der Waals surface area contributed by atoms with E-state index in [1.165, 1.54) is 16.4 Å². The molecular formula is C20H13N5S. The van der Waals surface area contributed by atoms with Crippen molar-refractivity contribution >= 4 is 21.4 Å². The van der Waals surface area contributed by atoms with Gasteiger partial charge in [-0.15, -0.1) is 11.3 Å². The third kappa shape index (κ3) is 2.48. The first-order valence-electron chi connectivity index (χ1n) is 8.12. The fraction of sp³-hybridized carbons (Fsp3) is 0. The van der Waals surface area contributed by atoms with Gasteiger partial charge in [0, 0.05) is 45.2 Å². The Morgan fingerprint density at radius 3 is 2.62 bits per heavy atom. The summed E-state index contributed by atoms with van der Waals surface area (Å²) in [7, 11) is 0. The Labute approximate surface area is 153 Å². The zero-order chi connectivity index (χ0) is 17.3. The number of imidazole rings is 1. The number of aromatic nitrogens is 5. The van der Waals surface area contributed by atoms with E-state index in [0.29, 0.717) is 0 Å². The van der Waals surface area contributed by atoms with Gasteiger partial charge in [0.1, 0.15) is 12.2 Å². The van der Waals surface area contributed by atoms with Crippen molar-refractivity contribution in [1.29, 1.82) is 0 Å². The molecule has 5 rings (SSSR count). The van der Waals surface area contributed by atoms with E-state index in [2.05, 4.69) is 44.6 Å². The van der Waals surface area contributed by atoms with Crippen molar-refractivity contribution in [3.8, 4) is 28.3 Å². The lowest BCUT2D eigenvalue weighted by molar-refractivity contribution is 1.01. The molecule has 4 heterocycles. The molecule has 124 valence electrons. The van der Waals surface area contributed by atoms with E-state index in [9.17, 15) is 0 Å². The predicted molar refractivity (Wildman–Crippen MR) is 103 cm³/mol. The van der Waals surface area contributed by atoms with Crippen molar-refractivity contribution < 1.29 is 0 Å². The molecule has 0 fully saturated rings. The highest BCUT2D eigenvalue weighted by Gasteiger charge is 2.16. The number of fused-ring (bicyclic) bond motifs is 1. The monoisotopic (exact) mass is 355 g/mol. The molecule has 0 unspecified atom stereocenters. The van der Waals surface area contributed by atoms with Gasteiger partial charge < -0.3 is 0 Å². The maximum absolute atomic E-state index is 4.92. The van der Waals surface area contributed by atoms with Crippen LogP contribution in [-0.2, 0) is 0 Å². The van der Waals surface area contributed by atoms with Crippen LogP contribution in [0.4, 0.5) is 0 Å². The maximum atomic E-state index is 4.92. The minimum atomic E-state index is 0.818. The van der Waals surface area contributed by atoms with Crippen molar-refractivity contribution in [2.75, 3.05) is 0 Å². The molecule has 5 nitrogen and oxygen atoms in total. The van der Waals surface area contributed by atoms with Crippen LogP contribution < -0.4 is 0 Å². The van der Waals surface area contributed by atoms with E-state index >= 15 is 0 Å². The van der Waals surface area contributed by atoms with Gasteiger partial charge in [0.05, 0.1) is 23.8 Å². The summed E-state index contributed by atoms with van der Waals surface area (Å²) in [4.78, 5) is 17.4. The van der Waals surface area contributed by atoms with Gasteiger partial charge in [-0.3, -0.25) is 9.55 Å². The van der Waals surface area contributed by atoms with Crippen LogP contribution in [0.25, 0.3) is 38.4 Å². The van der Waals surface area contributed by atoms with Crippen LogP contribution >= 0.6 is 11.3 Å². The number of thiophene rings is 1. The quantitative estimate of drug-likeness (QED) is 0.474. The average molecular weight is 355 g/mol. The number of hydrogen-bond acceptors (Lipinski definition) is 5. The second kappa shape index (κ2) is 6.16. The summed E-state index contributed by atoms with van der Waals surface area (Å²) in [6, 6.07) is 12.3. The normalized spacial score (nSPS) is 11.1. The van der Waals surface area contributed by atoms with Crippen LogP contribution in [0.5, 0.6) is 0 Å². The van der Waals surface area contributed by atoms with Crippen LogP contribution in [0, 0.1) is 0 Å². The van der Waals surface area contributed by atoms with Gasteiger partial charge in [-0.2, -0.15) is 0 Å². The van der Waals surface area contributed by atoms with Crippen molar-refractivity contribution in [2.45, 2.75) is 0 Å². The molecule has 6 heteroatoms. The van der Waals surface area contributed by atoms with E-state index in [0.717, 1.165) is 28.3 Å². The highest BCUT2D eigenvalue weighted by atomic mass is 32.1. The largest absolute Gasteiger partial charge is 0.296 e. The van der Waals surface area contributed by atoms with Crippen LogP contribution in [0.15, 0.2) is 79.1 Å². The number of rotatable bonds is 3. The number of benzene rings is 1. The molecule has 5 aromatic rings. The molecule has 26 heavy (non-hydrogen) atoms. The second-order valence-electron chi connectivity index (χ2n) is 5.80. The molecule has 1 aromatic carbocycles. The Hall–Kier alpha value is -3.38. The van der Waals surface area contributed by atoms with E-state index in [1.807, 2.05) is 29.1 Å². The van der Waals surface area contributed by atoms with Gasteiger partial charge in [0.25, 0.3) is 0 Å². The zero-order valence-electron chi connectivity index (χ0n) is 13.6. The highest BCUT2D eigenvalue weighted by molar-refractivity contribution is 7.17. The number of nitrogens with zero attached hydrogens (tertiary/aromatic N) is 5. The Morgan fingerprint density at radius 2 is 1.77 bits per heavy atom. The summed E-state index contributed by atoms with van der Waals surface area (Å²) in [6.07, 6.45) is 10.7. The van der Waals surface area contributed by atoms with Gasteiger partial charge in [-0.25, -0.2) is 15.0 Å². The molecule has 0 aliphatic heterocycles. The van der Waals surface area contributed by atoms with E-state index in [4.69, 9.17) is 4.98 Å². The fourth-order valence-corrected chi connectivity index (χ4v) is 3.95. The number of hydrogen-bond donors (Lipinski definition) is 0. The molecule has 0 radical (unpaired) electrons. The molecule has 0 saturated heterocycles. The first-order chi connectivity index (χ1) is 12.9. The number of pyridine rings is 1.